The van der Waals surface area contributed by atoms with Gasteiger partial charge in [-0.3, -0.25) is 44.9 Å². The molecule has 11 heterocycles. The fourth-order valence-electron chi connectivity index (χ4n) is 11.5. The summed E-state index contributed by atoms with van der Waals surface area (Å²) in [7, 11) is 0. The maximum absolute atomic E-state index is 12.9. The molecule has 12 rings (SSSR count). The van der Waals surface area contributed by atoms with Gasteiger partial charge < -0.3 is 0 Å². The molecule has 0 fully saturated rings. The van der Waals surface area contributed by atoms with Crippen molar-refractivity contribution in [3.63, 3.8) is 0 Å². The highest BCUT2D eigenvalue weighted by Gasteiger charge is 2.07. The Hall–Kier alpha value is -10.2. The second-order valence-electron chi connectivity index (χ2n) is 37.5. The first-order valence-electron chi connectivity index (χ1n) is 46.1. The molecule has 0 saturated heterocycles. The molecule has 0 radical (unpaired) electrons. The summed E-state index contributed by atoms with van der Waals surface area (Å²) in [4.78, 5) is 62.2. The van der Waals surface area contributed by atoms with E-state index in [0.717, 1.165) is 122 Å². The predicted molar refractivity (Wildman–Crippen MR) is 535 cm³/mol. The van der Waals surface area contributed by atoms with Crippen molar-refractivity contribution in [2.45, 2.75) is 278 Å². The fraction of sp³-hybridized carbons (Fsp3) is 0.482. The van der Waals surface area contributed by atoms with Gasteiger partial charge in [-0.05, 0) is 269 Å². The number of benzene rings is 1. The molecule has 127 heavy (non-hydrogen) atoms. The zero-order valence-corrected chi connectivity index (χ0v) is 84.1. The third-order valence-corrected chi connectivity index (χ3v) is 17.4. The van der Waals surface area contributed by atoms with Crippen molar-refractivity contribution >= 4 is 11.6 Å². The van der Waals surface area contributed by atoms with Crippen molar-refractivity contribution < 1.29 is 4.39 Å². The zero-order chi connectivity index (χ0) is 94.9. The largest absolute Gasteiger partial charge is 0.264 e. The summed E-state index contributed by atoms with van der Waals surface area (Å²) >= 11 is 5.69. The van der Waals surface area contributed by atoms with Crippen LogP contribution in [-0.2, 0) is 77.0 Å². The second kappa shape index (κ2) is 69.9. The van der Waals surface area contributed by atoms with Crippen molar-refractivity contribution in [3.8, 4) is 0 Å². The van der Waals surface area contributed by atoms with Gasteiger partial charge in [0.25, 0.3) is 0 Å². The number of hydrogen-bond donors (Lipinski definition) is 0. The summed E-state index contributed by atoms with van der Waals surface area (Å²) in [6, 6.07) is 40.2. The first kappa shape index (κ1) is 115. The Morgan fingerprint density at radius 3 is 0.866 bits per heavy atom. The Morgan fingerprint density at radius 1 is 0.213 bits per heavy atom. The van der Waals surface area contributed by atoms with Gasteiger partial charge in [0.2, 0.25) is 0 Å². The molecule has 0 saturated carbocycles. The van der Waals surface area contributed by atoms with Crippen molar-refractivity contribution in [1.82, 2.24) is 74.8 Å². The third kappa shape index (κ3) is 67.7. The smallest absolute Gasteiger partial charge is 0.144 e. The summed E-state index contributed by atoms with van der Waals surface area (Å²) in [5.74, 6) is 10.7. The highest BCUT2D eigenvalue weighted by atomic mass is 35.5. The van der Waals surface area contributed by atoms with Crippen molar-refractivity contribution in [2.75, 3.05) is 0 Å². The lowest BCUT2D eigenvalue weighted by Gasteiger charge is -2.04. The van der Waals surface area contributed by atoms with Crippen molar-refractivity contribution in [2.24, 2.45) is 71.0 Å². The molecule has 0 unspecified atom stereocenters. The Morgan fingerprint density at radius 2 is 0.535 bits per heavy atom. The van der Waals surface area contributed by atoms with Crippen molar-refractivity contribution in [3.05, 3.63) is 340 Å². The number of aromatic nitrogens is 15. The number of halogens is 2. The molecule has 0 aliphatic heterocycles. The Kier molecular flexibility index (Phi) is 63.2. The van der Waals surface area contributed by atoms with Crippen LogP contribution in [0.15, 0.2) is 233 Å². The van der Waals surface area contributed by atoms with Crippen LogP contribution in [0.5, 0.6) is 0 Å². The van der Waals surface area contributed by atoms with Crippen LogP contribution in [0.2, 0.25) is 5.02 Å². The monoisotopic (exact) mass is 1750 g/mol. The van der Waals surface area contributed by atoms with Crippen LogP contribution in [-0.4, -0.2) is 74.8 Å². The molecular formula is C110H161ClFN15. The number of rotatable bonds is 24. The molecule has 0 bridgehead atoms. The first-order valence-corrected chi connectivity index (χ1v) is 46.4. The molecule has 11 aromatic heterocycles. The predicted octanol–water partition coefficient (Wildman–Crippen LogP) is 27.9. The number of aryl methyl sites for hydroxylation is 5. The molecule has 690 valence electrons. The maximum Gasteiger partial charge on any atom is 0.144 e. The average molecular weight is 1750 g/mol. The molecule has 12 aromatic rings. The van der Waals surface area contributed by atoms with Gasteiger partial charge in [-0.25, -0.2) is 34.3 Å². The van der Waals surface area contributed by atoms with Crippen LogP contribution in [0, 0.1) is 111 Å². The van der Waals surface area contributed by atoms with Gasteiger partial charge in [0.1, 0.15) is 23.3 Å². The van der Waals surface area contributed by atoms with Crippen LogP contribution >= 0.6 is 11.6 Å². The van der Waals surface area contributed by atoms with E-state index in [-0.39, 0.29) is 5.82 Å². The molecular weight excluding hydrogens is 1590 g/mol. The number of pyridine rings is 7. The molecule has 1 aromatic carbocycles. The molecule has 15 nitrogen and oxygen atoms in total. The minimum atomic E-state index is -0.193. The standard InChI is InChI=1S/C11H16.2C10H15N.C9H12ClN.C9H12FN.2C9H14N2.3C9H13N.2C8H12N2/c1-9(2)8-11-6-4-10(3)5-7-11;2*1-8(2)6-10-5-4-9(3)7-11-10;1-7(2)5-9-4-3-8(10)6-11-9;1-7(2)6-9-8(10)4-3-5-11-9;2*1-7(2)4-9-10-5-8(3)6-11-9;2*1-8(2)6-9-4-3-5-10-7-9;1-8(2)7-9-5-3-4-6-10-9;1-7(2)5-8-6-9-3-4-10-8;1-7(2)6-8-9-4-3-5-10-8/h4-7,9H,8H2,1-3H3;2*4-5,7-8H,6H2,1-3H3;3-4,6-7H,5H2,1-2H3;3-5,7H,6H2,1-2H3;2*5-7H,4H2,1-3H3;2*3-5,7-8H,6H2,1-2H3;3-6,8H,7H2,1-2H3;3-4,6-7H,5H2,1-2H3;3-5,7H,6H2,1-2H3. The minimum absolute atomic E-state index is 0.193. The van der Waals surface area contributed by atoms with E-state index in [1.807, 2.05) is 145 Å². The van der Waals surface area contributed by atoms with E-state index in [1.165, 1.54) is 62.9 Å². The van der Waals surface area contributed by atoms with Crippen LogP contribution in [0.3, 0.4) is 0 Å². The molecule has 0 aliphatic rings. The van der Waals surface area contributed by atoms with E-state index in [4.69, 9.17) is 11.6 Å². The van der Waals surface area contributed by atoms with Crippen LogP contribution < -0.4 is 0 Å². The van der Waals surface area contributed by atoms with Gasteiger partial charge >= 0.3 is 0 Å². The SMILES string of the molecule is CC(C)Cc1ccc(Cl)cn1.CC(C)Cc1ccccn1.CC(C)Cc1cccnc1.CC(C)Cc1cccnc1.CC(C)Cc1cnccn1.CC(C)Cc1ncccc1F.CC(C)Cc1ncccn1.Cc1ccc(CC(C)C)cc1.Cc1ccc(CC(C)C)nc1.Cc1ccc(CC(C)C)nc1.Cc1cnc(CC(C)C)nc1.Cc1cnc(CC(C)C)nc1. The van der Waals surface area contributed by atoms with E-state index in [0.29, 0.717) is 70.4 Å². The van der Waals surface area contributed by atoms with Gasteiger partial charge in [0.05, 0.1) is 16.4 Å². The molecule has 0 spiro atoms. The molecule has 17 heteroatoms. The lowest BCUT2D eigenvalue weighted by Crippen LogP contribution is -1.99. The maximum atomic E-state index is 12.9. The topological polar surface area (TPSA) is 193 Å². The summed E-state index contributed by atoms with van der Waals surface area (Å²) < 4.78 is 12.9. The minimum Gasteiger partial charge on any atom is -0.264 e. The quantitative estimate of drug-likeness (QED) is 0.0554. The van der Waals surface area contributed by atoms with Crippen LogP contribution in [0.1, 0.15) is 262 Å². The molecule has 0 aliphatic carbocycles. The fourth-order valence-corrected chi connectivity index (χ4v) is 11.6. The van der Waals surface area contributed by atoms with Gasteiger partial charge in [0, 0.05) is 154 Å². The highest BCUT2D eigenvalue weighted by molar-refractivity contribution is 6.30. The van der Waals surface area contributed by atoms with Gasteiger partial charge in [0.15, 0.2) is 0 Å². The lowest BCUT2D eigenvalue weighted by atomic mass is 10.0. The first-order chi connectivity index (χ1) is 60.2. The number of nitrogens with zero attached hydrogens (tertiary/aromatic N) is 15. The molecule has 0 amide bonds. The highest BCUT2D eigenvalue weighted by Crippen LogP contribution is 2.15. The van der Waals surface area contributed by atoms with E-state index >= 15 is 0 Å². The summed E-state index contributed by atoms with van der Waals surface area (Å²) in [6.45, 7) is 62.7. The third-order valence-electron chi connectivity index (χ3n) is 17.2. The second-order valence-corrected chi connectivity index (χ2v) is 37.9. The van der Waals surface area contributed by atoms with Gasteiger partial charge in [-0.15, -0.1) is 0 Å². The van der Waals surface area contributed by atoms with Crippen LogP contribution in [0.4, 0.5) is 4.39 Å². The van der Waals surface area contributed by atoms with Crippen molar-refractivity contribution in [1.29, 1.82) is 0 Å². The lowest BCUT2D eigenvalue weighted by molar-refractivity contribution is 0.560. The summed E-state index contributed by atoms with van der Waals surface area (Å²) in [6.07, 6.45) is 45.2. The van der Waals surface area contributed by atoms with E-state index < -0.39 is 0 Å². The molecule has 0 N–H and O–H groups in total. The average Bonchev–Trinajstić information content (AvgIpc) is 0.918. The Balaban J connectivity index is 0.000000693. The molecule has 0 atom stereocenters. The van der Waals surface area contributed by atoms with E-state index in [9.17, 15) is 4.39 Å². The Bertz CT molecular complexity index is 3860. The normalized spacial score (nSPS) is 10.4. The summed E-state index contributed by atoms with van der Waals surface area (Å²) in [5, 5.41) is 0.706. The van der Waals surface area contributed by atoms with Gasteiger partial charge in [-0.2, -0.15) is 0 Å². The van der Waals surface area contributed by atoms with Crippen LogP contribution in [0.25, 0.3) is 0 Å². The number of hydrogen-bond acceptors (Lipinski definition) is 15. The zero-order valence-electron chi connectivity index (χ0n) is 83.3. The summed E-state index contributed by atoms with van der Waals surface area (Å²) in [5.41, 5.74) is 16.5. The van der Waals surface area contributed by atoms with Gasteiger partial charge in [-0.1, -0.05) is 238 Å². The Labute approximate surface area is 774 Å². The van der Waals surface area contributed by atoms with E-state index in [2.05, 4.69) is 315 Å². The van der Waals surface area contributed by atoms with E-state index in [1.54, 1.807) is 43.2 Å².